The van der Waals surface area contributed by atoms with Crippen molar-refractivity contribution in [1.29, 1.82) is 0 Å². The summed E-state index contributed by atoms with van der Waals surface area (Å²) in [7, 11) is 0. The minimum atomic E-state index is -0.417. The summed E-state index contributed by atoms with van der Waals surface area (Å²) in [5.74, 6) is 0. The number of fused-ring (bicyclic) bond motifs is 11. The largest absolute Gasteiger partial charge is 0.454 e. The van der Waals surface area contributed by atoms with E-state index in [0.29, 0.717) is 5.56 Å². The number of hydrogen-bond acceptors (Lipinski definition) is 4. The molecule has 0 spiro atoms. The fourth-order valence-electron chi connectivity index (χ4n) is 9.22. The molecule has 0 amide bonds. The van der Waals surface area contributed by atoms with Crippen LogP contribution in [-0.2, 0) is 0 Å². The minimum Gasteiger partial charge on any atom is -0.454 e. The maximum absolute atomic E-state index is 8.64. The summed E-state index contributed by atoms with van der Waals surface area (Å²) in [5, 5.41) is 7.69. The van der Waals surface area contributed by atoms with Crippen LogP contribution in [0, 0.1) is 0 Å². The SMILES string of the molecule is [2H]c1c([2H])c([2H])c(-c2ccc(N(c3ccc(-c4cccc5c4c4c6ccccc6oc4n5-c4cccc5c4sc4ccccc45)cc3)c3cccc4c3oc3ccccc34)cc2)c([2H])c1[2H]. The van der Waals surface area contributed by atoms with E-state index >= 15 is 0 Å². The molecule has 0 N–H and O–H groups in total. The van der Waals surface area contributed by atoms with E-state index in [1.807, 2.05) is 66.7 Å². The van der Waals surface area contributed by atoms with Crippen LogP contribution in [0.2, 0.25) is 0 Å². The van der Waals surface area contributed by atoms with Gasteiger partial charge in [0.15, 0.2) is 5.58 Å². The quantitative estimate of drug-likeness (QED) is 0.168. The molecule has 61 heavy (non-hydrogen) atoms. The first kappa shape index (κ1) is 29.4. The van der Waals surface area contributed by atoms with Gasteiger partial charge in [-0.25, -0.2) is 0 Å². The van der Waals surface area contributed by atoms with E-state index in [2.05, 4.69) is 119 Å². The molecule has 0 saturated heterocycles. The molecule has 0 bridgehead atoms. The third-order valence-corrected chi connectivity index (χ3v) is 13.1. The van der Waals surface area contributed by atoms with Gasteiger partial charge in [0.05, 0.1) is 33.8 Å². The molecule has 13 rings (SSSR count). The van der Waals surface area contributed by atoms with Crippen molar-refractivity contribution in [3.8, 4) is 27.9 Å². The Morgan fingerprint density at radius 1 is 0.475 bits per heavy atom. The van der Waals surface area contributed by atoms with Crippen molar-refractivity contribution >= 4 is 103 Å². The standard InChI is InChI=1S/C56H34N2O2S/c1-2-13-35(14-3-1)36-27-31-38(32-28-36)57(47-22-11-19-43-41-15-4-7-24-49(41)59-54(43)47)39-33-29-37(30-34-39)40-18-10-21-46-52(40)53-45-17-5-8-25-50(45)60-56(53)58(46)48-23-12-20-44-42-16-6-9-26-51(42)61-55(44)48/h1-34H/i1D,2D,3D,13D,14D. The van der Waals surface area contributed by atoms with Crippen molar-refractivity contribution in [3.63, 3.8) is 0 Å². The van der Waals surface area contributed by atoms with E-state index in [-0.39, 0.29) is 29.7 Å². The number of aromatic nitrogens is 1. The minimum absolute atomic E-state index is 0.158. The zero-order valence-electron chi connectivity index (χ0n) is 37.4. The number of hydrogen-bond donors (Lipinski definition) is 0. The predicted molar refractivity (Wildman–Crippen MR) is 256 cm³/mol. The molecule has 4 aromatic heterocycles. The van der Waals surface area contributed by atoms with Crippen LogP contribution in [0.5, 0.6) is 0 Å². The summed E-state index contributed by atoms with van der Waals surface area (Å²) in [5.41, 5.74) is 10.6. The maximum Gasteiger partial charge on any atom is 0.213 e. The summed E-state index contributed by atoms with van der Waals surface area (Å²) in [6, 6.07) is 58.5. The van der Waals surface area contributed by atoms with Crippen LogP contribution in [0.25, 0.3) is 103 Å². The third-order valence-electron chi connectivity index (χ3n) is 11.9. The van der Waals surface area contributed by atoms with Gasteiger partial charge in [-0.05, 0) is 82.9 Å². The van der Waals surface area contributed by atoms with Crippen molar-refractivity contribution in [2.45, 2.75) is 0 Å². The van der Waals surface area contributed by atoms with Crippen LogP contribution in [-0.4, -0.2) is 4.57 Å². The Kier molecular flexibility index (Phi) is 6.42. The molecule has 9 aromatic carbocycles. The summed E-state index contributed by atoms with van der Waals surface area (Å²) in [6.07, 6.45) is 0. The smallest absolute Gasteiger partial charge is 0.213 e. The van der Waals surface area contributed by atoms with Crippen LogP contribution >= 0.6 is 11.3 Å². The Balaban J connectivity index is 0.995. The number of anilines is 3. The van der Waals surface area contributed by atoms with Gasteiger partial charge < -0.3 is 13.7 Å². The predicted octanol–water partition coefficient (Wildman–Crippen LogP) is 16.6. The lowest BCUT2D eigenvalue weighted by atomic mass is 9.98. The van der Waals surface area contributed by atoms with Gasteiger partial charge in [-0.15, -0.1) is 11.3 Å². The van der Waals surface area contributed by atoms with E-state index in [1.54, 1.807) is 11.3 Å². The van der Waals surface area contributed by atoms with Crippen molar-refractivity contribution in [2.75, 3.05) is 4.90 Å². The van der Waals surface area contributed by atoms with Crippen LogP contribution in [0.3, 0.4) is 0 Å². The van der Waals surface area contributed by atoms with Crippen LogP contribution in [0.4, 0.5) is 17.1 Å². The fourth-order valence-corrected chi connectivity index (χ4v) is 10.4. The number of para-hydroxylation sites is 3. The summed E-state index contributed by atoms with van der Waals surface area (Å²) < 4.78 is 60.1. The Morgan fingerprint density at radius 3 is 1.92 bits per heavy atom. The molecule has 5 heteroatoms. The summed E-state index contributed by atoms with van der Waals surface area (Å²) in [6.45, 7) is 0. The van der Waals surface area contributed by atoms with Crippen molar-refractivity contribution in [2.24, 2.45) is 0 Å². The molecular formula is C56H34N2O2S. The van der Waals surface area contributed by atoms with Gasteiger partial charge in [-0.2, -0.15) is 0 Å². The molecule has 4 heterocycles. The first-order valence-corrected chi connectivity index (χ1v) is 21.0. The highest BCUT2D eigenvalue weighted by Gasteiger charge is 2.25. The Hall–Kier alpha value is -7.86. The first-order chi connectivity index (χ1) is 32.3. The Bertz CT molecular complexity index is 4100. The van der Waals surface area contributed by atoms with E-state index in [4.69, 9.17) is 15.7 Å². The van der Waals surface area contributed by atoms with E-state index in [9.17, 15) is 0 Å². The highest BCUT2D eigenvalue weighted by molar-refractivity contribution is 7.26. The van der Waals surface area contributed by atoms with E-state index < -0.39 is 6.04 Å². The second-order valence-corrected chi connectivity index (χ2v) is 16.3. The van der Waals surface area contributed by atoms with Crippen molar-refractivity contribution in [3.05, 3.63) is 206 Å². The van der Waals surface area contributed by atoms with Gasteiger partial charge in [-0.3, -0.25) is 4.57 Å². The van der Waals surface area contributed by atoms with Crippen molar-refractivity contribution in [1.82, 2.24) is 4.57 Å². The van der Waals surface area contributed by atoms with Gasteiger partial charge in [0, 0.05) is 48.4 Å². The topological polar surface area (TPSA) is 34.5 Å². The number of nitrogens with zero attached hydrogens (tertiary/aromatic N) is 2. The molecule has 0 atom stereocenters. The Morgan fingerprint density at radius 2 is 1.11 bits per heavy atom. The zero-order valence-corrected chi connectivity index (χ0v) is 33.2. The second kappa shape index (κ2) is 13.3. The lowest BCUT2D eigenvalue weighted by molar-refractivity contribution is 0.646. The number of thiophene rings is 1. The molecule has 0 saturated carbocycles. The normalized spacial score (nSPS) is 13.1. The maximum atomic E-state index is 8.64. The molecule has 4 nitrogen and oxygen atoms in total. The van der Waals surface area contributed by atoms with Crippen LogP contribution < -0.4 is 4.90 Å². The van der Waals surface area contributed by atoms with Crippen LogP contribution in [0.15, 0.2) is 215 Å². The molecule has 286 valence electrons. The summed E-state index contributed by atoms with van der Waals surface area (Å²) >= 11 is 1.80. The lowest BCUT2D eigenvalue weighted by Gasteiger charge is -2.26. The highest BCUT2D eigenvalue weighted by Crippen LogP contribution is 2.47. The van der Waals surface area contributed by atoms with Gasteiger partial charge in [0.1, 0.15) is 11.2 Å². The van der Waals surface area contributed by atoms with Gasteiger partial charge in [0.25, 0.3) is 0 Å². The molecular weight excluding hydrogens is 765 g/mol. The van der Waals surface area contributed by atoms with Gasteiger partial charge >= 0.3 is 0 Å². The van der Waals surface area contributed by atoms with Gasteiger partial charge in [0.2, 0.25) is 5.71 Å². The van der Waals surface area contributed by atoms with Crippen LogP contribution in [0.1, 0.15) is 6.85 Å². The zero-order chi connectivity index (χ0) is 44.4. The lowest BCUT2D eigenvalue weighted by Crippen LogP contribution is -2.10. The fraction of sp³-hybridized carbons (Fsp3) is 0. The Labute approximate surface area is 361 Å². The molecule has 0 radical (unpaired) electrons. The molecule has 0 fully saturated rings. The molecule has 0 aliphatic heterocycles. The second-order valence-electron chi connectivity index (χ2n) is 15.2. The third kappa shape index (κ3) is 5.18. The summed E-state index contributed by atoms with van der Waals surface area (Å²) in [4.78, 5) is 2.14. The number of rotatable bonds is 6. The molecule has 13 aromatic rings. The first-order valence-electron chi connectivity index (χ1n) is 22.7. The molecule has 0 aliphatic carbocycles. The average molecular weight is 804 g/mol. The molecule has 0 unspecified atom stereocenters. The number of benzene rings is 9. The average Bonchev–Trinajstić information content (AvgIpc) is 4.12. The number of furan rings is 2. The van der Waals surface area contributed by atoms with Gasteiger partial charge in [-0.1, -0.05) is 145 Å². The van der Waals surface area contributed by atoms with E-state index in [1.165, 1.54) is 20.2 Å². The highest BCUT2D eigenvalue weighted by atomic mass is 32.1. The molecule has 0 aliphatic rings. The van der Waals surface area contributed by atoms with E-state index in [0.717, 1.165) is 88.8 Å². The monoisotopic (exact) mass is 803 g/mol. The van der Waals surface area contributed by atoms with Crippen molar-refractivity contribution < 1.29 is 15.7 Å².